The number of halogens is 1. The number of carbonyl (C=O) groups is 1. The lowest BCUT2D eigenvalue weighted by Crippen LogP contribution is -2.32. The second-order valence-electron chi connectivity index (χ2n) is 5.99. The van der Waals surface area contributed by atoms with Crippen LogP contribution in [0.25, 0.3) is 22.4 Å². The molecule has 3 aromatic rings. The first-order valence-electron chi connectivity index (χ1n) is 8.13. The molecule has 1 unspecified atom stereocenters. The van der Waals surface area contributed by atoms with Crippen molar-refractivity contribution in [1.82, 2.24) is 15.3 Å². The molecule has 0 aliphatic heterocycles. The summed E-state index contributed by atoms with van der Waals surface area (Å²) in [5.41, 5.74) is 3.35. The minimum Gasteiger partial charge on any atom is -0.350 e. The van der Waals surface area contributed by atoms with Crippen LogP contribution in [0.1, 0.15) is 37.0 Å². The van der Waals surface area contributed by atoms with Crippen LogP contribution in [0.5, 0.6) is 0 Å². The number of carbonyl (C=O) groups excluding carboxylic acids is 1. The zero-order valence-electron chi connectivity index (χ0n) is 13.8. The normalized spacial score (nSPS) is 12.3. The van der Waals surface area contributed by atoms with E-state index in [2.05, 4.69) is 22.2 Å². The number of hydrogen-bond donors (Lipinski definition) is 2. The smallest absolute Gasteiger partial charge is 0.251 e. The molecule has 0 saturated heterocycles. The van der Waals surface area contributed by atoms with Gasteiger partial charge in [-0.05, 0) is 43.7 Å². The first-order chi connectivity index (χ1) is 11.6. The second-order valence-corrected chi connectivity index (χ2v) is 6.42. The average molecular weight is 342 g/mol. The van der Waals surface area contributed by atoms with E-state index in [1.165, 1.54) is 0 Å². The van der Waals surface area contributed by atoms with Crippen LogP contribution in [0.15, 0.2) is 42.5 Å². The van der Waals surface area contributed by atoms with Gasteiger partial charge < -0.3 is 10.3 Å². The van der Waals surface area contributed by atoms with Crippen molar-refractivity contribution in [2.75, 3.05) is 0 Å². The van der Waals surface area contributed by atoms with E-state index < -0.39 is 0 Å². The molecule has 1 heterocycles. The number of hydrogen-bond acceptors (Lipinski definition) is 2. The first-order valence-corrected chi connectivity index (χ1v) is 8.51. The van der Waals surface area contributed by atoms with E-state index in [1.807, 2.05) is 49.4 Å². The molecule has 1 amide bonds. The van der Waals surface area contributed by atoms with Gasteiger partial charge in [-0.25, -0.2) is 4.98 Å². The first kappa shape index (κ1) is 16.5. The zero-order valence-corrected chi connectivity index (χ0v) is 14.5. The molecular formula is C19H20ClN3O. The summed E-state index contributed by atoms with van der Waals surface area (Å²) in [6.45, 7) is 4.13. The predicted octanol–water partition coefficient (Wildman–Crippen LogP) is 4.80. The Morgan fingerprint density at radius 1 is 1.25 bits per heavy atom. The third-order valence-corrected chi connectivity index (χ3v) is 4.20. The Hall–Kier alpha value is -2.33. The Balaban J connectivity index is 1.79. The molecule has 4 nitrogen and oxygen atoms in total. The highest BCUT2D eigenvalue weighted by Gasteiger charge is 2.10. The average Bonchev–Trinajstić information content (AvgIpc) is 2.98. The molecule has 5 heteroatoms. The summed E-state index contributed by atoms with van der Waals surface area (Å²) < 4.78 is 0. The SMILES string of the molecule is CCCC(C)NC(=O)c1ccc(-c2nc3ccc(Cl)cc3[nH]2)cc1. The molecule has 0 spiro atoms. The molecule has 0 saturated carbocycles. The lowest BCUT2D eigenvalue weighted by atomic mass is 10.1. The van der Waals surface area contributed by atoms with Gasteiger partial charge in [0.15, 0.2) is 0 Å². The summed E-state index contributed by atoms with van der Waals surface area (Å²) in [6.07, 6.45) is 2.03. The van der Waals surface area contributed by atoms with Gasteiger partial charge in [-0.15, -0.1) is 0 Å². The summed E-state index contributed by atoms with van der Waals surface area (Å²) in [7, 11) is 0. The quantitative estimate of drug-likeness (QED) is 0.700. The highest BCUT2D eigenvalue weighted by Crippen LogP contribution is 2.23. The number of imidazole rings is 1. The molecule has 3 rings (SSSR count). The van der Waals surface area contributed by atoms with Crippen LogP contribution in [0.2, 0.25) is 5.02 Å². The van der Waals surface area contributed by atoms with Crippen LogP contribution < -0.4 is 5.32 Å². The molecule has 24 heavy (non-hydrogen) atoms. The number of nitrogens with one attached hydrogen (secondary N) is 2. The maximum absolute atomic E-state index is 12.2. The topological polar surface area (TPSA) is 57.8 Å². The number of rotatable bonds is 5. The van der Waals surface area contributed by atoms with Crippen LogP contribution in [0.3, 0.4) is 0 Å². The Morgan fingerprint density at radius 2 is 2.00 bits per heavy atom. The van der Waals surface area contributed by atoms with E-state index in [0.29, 0.717) is 10.6 Å². The summed E-state index contributed by atoms with van der Waals surface area (Å²) in [5.74, 6) is 0.720. The van der Waals surface area contributed by atoms with Gasteiger partial charge in [0.25, 0.3) is 5.91 Å². The Kier molecular flexibility index (Phi) is 4.86. The number of fused-ring (bicyclic) bond motifs is 1. The van der Waals surface area contributed by atoms with Crippen LogP contribution in [0, 0.1) is 0 Å². The van der Waals surface area contributed by atoms with E-state index in [0.717, 1.165) is 35.3 Å². The molecule has 2 aromatic carbocycles. The van der Waals surface area contributed by atoms with Gasteiger partial charge in [-0.1, -0.05) is 37.1 Å². The fourth-order valence-corrected chi connectivity index (χ4v) is 2.88. The van der Waals surface area contributed by atoms with Crippen molar-refractivity contribution in [3.8, 4) is 11.4 Å². The molecule has 1 atom stereocenters. The second kappa shape index (κ2) is 7.05. The number of nitrogens with zero attached hydrogens (tertiary/aromatic N) is 1. The van der Waals surface area contributed by atoms with E-state index in [1.54, 1.807) is 0 Å². The van der Waals surface area contributed by atoms with Gasteiger partial charge in [-0.2, -0.15) is 0 Å². The van der Waals surface area contributed by atoms with Crippen molar-refractivity contribution in [3.63, 3.8) is 0 Å². The van der Waals surface area contributed by atoms with E-state index in [-0.39, 0.29) is 11.9 Å². The van der Waals surface area contributed by atoms with Gasteiger partial charge in [0, 0.05) is 22.2 Å². The Morgan fingerprint density at radius 3 is 2.71 bits per heavy atom. The number of H-pyrrole nitrogens is 1. The molecule has 0 radical (unpaired) electrons. The molecular weight excluding hydrogens is 322 g/mol. The van der Waals surface area contributed by atoms with Gasteiger partial charge in [0.2, 0.25) is 0 Å². The van der Waals surface area contributed by atoms with Crippen LogP contribution in [0.4, 0.5) is 0 Å². The van der Waals surface area contributed by atoms with E-state index in [9.17, 15) is 4.79 Å². The van der Waals surface area contributed by atoms with Crippen LogP contribution in [-0.4, -0.2) is 21.9 Å². The van der Waals surface area contributed by atoms with Gasteiger partial charge in [0.05, 0.1) is 11.0 Å². The predicted molar refractivity (Wildman–Crippen MR) is 98.4 cm³/mol. The summed E-state index contributed by atoms with van der Waals surface area (Å²) in [6, 6.07) is 13.2. The van der Waals surface area contributed by atoms with Crippen LogP contribution >= 0.6 is 11.6 Å². The molecule has 0 aliphatic rings. The number of benzene rings is 2. The molecule has 124 valence electrons. The fourth-order valence-electron chi connectivity index (χ4n) is 2.71. The minimum absolute atomic E-state index is 0.0427. The van der Waals surface area contributed by atoms with Gasteiger partial charge >= 0.3 is 0 Å². The molecule has 2 N–H and O–H groups in total. The monoisotopic (exact) mass is 341 g/mol. The number of aromatic nitrogens is 2. The highest BCUT2D eigenvalue weighted by atomic mass is 35.5. The Labute approximate surface area is 146 Å². The van der Waals surface area contributed by atoms with Crippen molar-refractivity contribution in [3.05, 3.63) is 53.1 Å². The minimum atomic E-state index is -0.0427. The van der Waals surface area contributed by atoms with Crippen molar-refractivity contribution in [2.45, 2.75) is 32.7 Å². The van der Waals surface area contributed by atoms with E-state index >= 15 is 0 Å². The fraction of sp³-hybridized carbons (Fsp3) is 0.263. The number of amides is 1. The van der Waals surface area contributed by atoms with Gasteiger partial charge in [0.1, 0.15) is 5.82 Å². The van der Waals surface area contributed by atoms with Crippen molar-refractivity contribution < 1.29 is 4.79 Å². The lowest BCUT2D eigenvalue weighted by molar-refractivity contribution is 0.0938. The summed E-state index contributed by atoms with van der Waals surface area (Å²) in [5, 5.41) is 3.68. The van der Waals surface area contributed by atoms with Gasteiger partial charge in [-0.3, -0.25) is 4.79 Å². The third kappa shape index (κ3) is 3.60. The maximum atomic E-state index is 12.2. The maximum Gasteiger partial charge on any atom is 0.251 e. The molecule has 0 bridgehead atoms. The third-order valence-electron chi connectivity index (χ3n) is 3.96. The molecule has 1 aromatic heterocycles. The lowest BCUT2D eigenvalue weighted by Gasteiger charge is -2.12. The van der Waals surface area contributed by atoms with Crippen molar-refractivity contribution in [1.29, 1.82) is 0 Å². The van der Waals surface area contributed by atoms with Crippen molar-refractivity contribution in [2.24, 2.45) is 0 Å². The zero-order chi connectivity index (χ0) is 17.1. The van der Waals surface area contributed by atoms with Crippen LogP contribution in [-0.2, 0) is 0 Å². The molecule has 0 aliphatic carbocycles. The summed E-state index contributed by atoms with van der Waals surface area (Å²) >= 11 is 6.00. The standard InChI is InChI=1S/C19H20ClN3O/c1-3-4-12(2)21-19(24)14-7-5-13(6-8-14)18-22-16-10-9-15(20)11-17(16)23-18/h5-12H,3-4H2,1-2H3,(H,21,24)(H,22,23). The largest absolute Gasteiger partial charge is 0.350 e. The van der Waals surface area contributed by atoms with Crippen molar-refractivity contribution >= 4 is 28.5 Å². The highest BCUT2D eigenvalue weighted by molar-refractivity contribution is 6.31. The van der Waals surface area contributed by atoms with E-state index in [4.69, 9.17) is 11.6 Å². The number of aromatic amines is 1. The molecule has 0 fully saturated rings. The Bertz CT molecular complexity index is 855. The summed E-state index contributed by atoms with van der Waals surface area (Å²) in [4.78, 5) is 20.0.